The largest absolute Gasteiger partial charge is 0.462 e. The number of sulfonamides is 1. The van der Waals surface area contributed by atoms with Gasteiger partial charge in [-0.15, -0.1) is 0 Å². The molecule has 388 valence electrons. The zero-order valence-electron chi connectivity index (χ0n) is 42.7. The van der Waals surface area contributed by atoms with Crippen LogP contribution in [0.15, 0.2) is 0 Å². The Morgan fingerprint density at radius 2 is 0.942 bits per heavy atom. The average Bonchev–Trinajstić information content (AvgIpc) is 3.54. The summed E-state index contributed by atoms with van der Waals surface area (Å²) >= 11 is 0. The van der Waals surface area contributed by atoms with Crippen molar-refractivity contribution in [3.05, 3.63) is 0 Å². The quantitative estimate of drug-likeness (QED) is 0.166. The van der Waals surface area contributed by atoms with Gasteiger partial charge >= 0.3 is 35.8 Å². The van der Waals surface area contributed by atoms with Crippen LogP contribution in [0.25, 0.3) is 0 Å². The smallest absolute Gasteiger partial charge is 0.312 e. The number of esters is 6. The monoisotopic (exact) mass is 991 g/mol. The number of fused-ring (bicyclic) bond motifs is 3. The fraction of sp³-hybridized carbons (Fsp3) is 0.863. The van der Waals surface area contributed by atoms with E-state index in [9.17, 15) is 47.1 Å². The second kappa shape index (κ2) is 17.7. The lowest BCUT2D eigenvalue weighted by atomic mass is 9.56. The van der Waals surface area contributed by atoms with Crippen LogP contribution in [0.2, 0.25) is 0 Å². The van der Waals surface area contributed by atoms with Crippen LogP contribution in [0.1, 0.15) is 185 Å². The van der Waals surface area contributed by atoms with Crippen LogP contribution in [0, 0.1) is 44.8 Å². The molecule has 6 saturated heterocycles. The van der Waals surface area contributed by atoms with Gasteiger partial charge in [0.1, 0.15) is 35.1 Å². The Bertz CT molecular complexity index is 2150. The fourth-order valence-electron chi connectivity index (χ4n) is 13.2. The minimum atomic E-state index is -3.75. The summed E-state index contributed by atoms with van der Waals surface area (Å²) in [5.74, 6) is -3.19. The molecule has 12 atom stereocenters. The topological polar surface area (TPSA) is 241 Å². The van der Waals surface area contributed by atoms with Gasteiger partial charge in [-0.25, -0.2) is 8.42 Å². The van der Waals surface area contributed by atoms with Crippen LogP contribution >= 0.6 is 0 Å². The number of ether oxygens (including phenoxy) is 6. The van der Waals surface area contributed by atoms with Crippen molar-refractivity contribution in [3.8, 4) is 0 Å². The highest BCUT2D eigenvalue weighted by Gasteiger charge is 2.65. The van der Waals surface area contributed by atoms with E-state index in [2.05, 4.69) is 11.6 Å². The summed E-state index contributed by atoms with van der Waals surface area (Å²) in [6.07, 6.45) is 9.56. The van der Waals surface area contributed by atoms with Gasteiger partial charge in [-0.05, 0) is 105 Å². The molecule has 1 amide bonds. The van der Waals surface area contributed by atoms with Gasteiger partial charge in [-0.1, -0.05) is 27.7 Å². The standard InChI is InChI=1S/C18H27NO7S.C17H26O4.C16H24O5/c1-5-16(2,3)15(22)26-18-7-11-6-17(10-18,14(21)19-27(4,23)24)8-12(9-18)25-13(11)20;1-5-15(2,3)14(19)21-17-7-11-6-16(4,10-17)8-12(9-17)20-13(11)18;1-4-14(2,3)13(18)21-16-6-10-5-15(19,9-16)7-11(8-16)20-12(10)17/h11-12H,5-10H2,1-4H3,(H,19,21);11-12H,5-10H2,1-4H3;10-11,19H,4-9H2,1-3H3. The Morgan fingerprint density at radius 3 is 1.38 bits per heavy atom. The van der Waals surface area contributed by atoms with Gasteiger partial charge in [-0.3, -0.25) is 38.3 Å². The minimum absolute atomic E-state index is 0.0641. The lowest BCUT2D eigenvalue weighted by Gasteiger charge is -2.51. The molecule has 2 N–H and O–H groups in total. The number of aliphatic hydroxyl groups is 1. The van der Waals surface area contributed by atoms with Crippen LogP contribution in [0.3, 0.4) is 0 Å². The van der Waals surface area contributed by atoms with Crippen molar-refractivity contribution in [2.45, 2.75) is 226 Å². The molecule has 6 aliphatic carbocycles. The number of carbonyl (C=O) groups is 7. The Hall–Kier alpha value is -3.80. The van der Waals surface area contributed by atoms with Crippen molar-refractivity contribution >= 4 is 51.7 Å². The van der Waals surface area contributed by atoms with Gasteiger partial charge in [0.25, 0.3) is 0 Å². The molecule has 12 bridgehead atoms. The highest BCUT2D eigenvalue weighted by Crippen LogP contribution is 2.60. The second-order valence-electron chi connectivity index (χ2n) is 25.2. The van der Waals surface area contributed by atoms with E-state index >= 15 is 0 Å². The molecule has 12 aliphatic rings. The minimum Gasteiger partial charge on any atom is -0.462 e. The van der Waals surface area contributed by atoms with Gasteiger partial charge in [0.05, 0.1) is 51.3 Å². The normalized spacial score (nSPS) is 39.2. The molecule has 0 aromatic carbocycles. The first kappa shape index (κ1) is 53.0. The van der Waals surface area contributed by atoms with Crippen LogP contribution in [0.5, 0.6) is 0 Å². The molecule has 0 spiro atoms. The Balaban J connectivity index is 0.000000155. The summed E-state index contributed by atoms with van der Waals surface area (Å²) in [6, 6.07) is 0. The summed E-state index contributed by atoms with van der Waals surface area (Å²) in [7, 11) is -3.75. The fourth-order valence-corrected chi connectivity index (χ4v) is 13.7. The summed E-state index contributed by atoms with van der Waals surface area (Å²) in [5.41, 5.74) is -5.90. The van der Waals surface area contributed by atoms with E-state index in [1.807, 2.05) is 48.5 Å². The third-order valence-electron chi connectivity index (χ3n) is 17.5. The van der Waals surface area contributed by atoms with Gasteiger partial charge in [0.2, 0.25) is 15.9 Å². The lowest BCUT2D eigenvalue weighted by molar-refractivity contribution is -0.202. The first-order chi connectivity index (χ1) is 31.6. The number of hydrogen-bond donors (Lipinski definition) is 2. The van der Waals surface area contributed by atoms with E-state index in [-0.39, 0.29) is 78.6 Å². The number of hydrogen-bond acceptors (Lipinski definition) is 16. The maximum atomic E-state index is 12.9. The van der Waals surface area contributed by atoms with Crippen LogP contribution < -0.4 is 4.72 Å². The molecular weight excluding hydrogens is 915 g/mol. The van der Waals surface area contributed by atoms with Crippen molar-refractivity contribution in [1.82, 2.24) is 4.72 Å². The molecule has 18 heteroatoms. The highest BCUT2D eigenvalue weighted by atomic mass is 32.2. The van der Waals surface area contributed by atoms with Crippen LogP contribution in [0.4, 0.5) is 0 Å². The second-order valence-corrected chi connectivity index (χ2v) is 26.9. The average molecular weight is 992 g/mol. The molecule has 17 nitrogen and oxygen atoms in total. The molecule has 0 aromatic rings. The van der Waals surface area contributed by atoms with E-state index in [1.54, 1.807) is 13.8 Å². The Kier molecular flexibility index (Phi) is 13.6. The predicted molar refractivity (Wildman–Crippen MR) is 247 cm³/mol. The Labute approximate surface area is 407 Å². The summed E-state index contributed by atoms with van der Waals surface area (Å²) < 4.78 is 59.6. The molecule has 69 heavy (non-hydrogen) atoms. The van der Waals surface area contributed by atoms with Crippen LogP contribution in [-0.4, -0.2) is 102 Å². The number of nitrogens with one attached hydrogen (secondary N) is 1. The maximum absolute atomic E-state index is 12.9. The van der Waals surface area contributed by atoms with Gasteiger partial charge in [-0.2, -0.15) is 0 Å². The van der Waals surface area contributed by atoms with E-state index in [1.165, 1.54) is 0 Å². The zero-order chi connectivity index (χ0) is 51.2. The molecule has 12 fully saturated rings. The number of carbonyl (C=O) groups excluding carboxylic acids is 7. The summed E-state index contributed by atoms with van der Waals surface area (Å²) in [6.45, 7) is 19.2. The van der Waals surface area contributed by atoms with Crippen molar-refractivity contribution in [3.63, 3.8) is 0 Å². The van der Waals surface area contributed by atoms with E-state index in [0.717, 1.165) is 31.9 Å². The molecule has 12 rings (SSSR count). The van der Waals surface area contributed by atoms with Crippen molar-refractivity contribution < 1.29 is 75.5 Å². The van der Waals surface area contributed by atoms with E-state index in [0.29, 0.717) is 70.6 Å². The van der Waals surface area contributed by atoms with Crippen LogP contribution in [-0.2, 0) is 72.0 Å². The zero-order valence-corrected chi connectivity index (χ0v) is 43.5. The molecule has 6 saturated carbocycles. The summed E-state index contributed by atoms with van der Waals surface area (Å²) in [4.78, 5) is 87.1. The molecule has 0 aromatic heterocycles. The van der Waals surface area contributed by atoms with Crippen molar-refractivity contribution in [1.29, 1.82) is 0 Å². The molecule has 6 aliphatic heterocycles. The Morgan fingerprint density at radius 1 is 0.565 bits per heavy atom. The van der Waals surface area contributed by atoms with Crippen molar-refractivity contribution in [2.75, 3.05) is 6.26 Å². The summed E-state index contributed by atoms with van der Waals surface area (Å²) in [5, 5.41) is 10.7. The van der Waals surface area contributed by atoms with E-state index < -0.39 is 78.0 Å². The molecule has 0 radical (unpaired) electrons. The van der Waals surface area contributed by atoms with Gasteiger partial charge < -0.3 is 33.5 Å². The van der Waals surface area contributed by atoms with Gasteiger partial charge in [0.15, 0.2) is 0 Å². The van der Waals surface area contributed by atoms with Gasteiger partial charge in [0, 0.05) is 57.8 Å². The number of rotatable bonds is 11. The first-order valence-corrected chi connectivity index (χ1v) is 27.1. The molecular formula is C51H77NO16S. The van der Waals surface area contributed by atoms with E-state index in [4.69, 9.17) is 28.4 Å². The molecule has 12 unspecified atom stereocenters. The maximum Gasteiger partial charge on any atom is 0.312 e. The third-order valence-corrected chi connectivity index (χ3v) is 18.1. The number of amides is 1. The first-order valence-electron chi connectivity index (χ1n) is 25.2. The van der Waals surface area contributed by atoms with Crippen molar-refractivity contribution in [2.24, 2.45) is 44.8 Å². The SMILES string of the molecule is CCC(C)(C)C(=O)OC12CC3CC(C(=O)NS(C)(=O)=O)(CC(C1)C(=O)O3)C2.CCC(C)(C)C(=O)OC12CC3CC(C)(CC(C1)C(=O)O3)C2.CCC(C)(C)C(=O)OC12CC3CC(O)(CC(C1)C(=O)O3)C2. The molecule has 6 heterocycles. The lowest BCUT2D eigenvalue weighted by Crippen LogP contribution is -2.59. The highest BCUT2D eigenvalue weighted by molar-refractivity contribution is 7.89. The third kappa shape index (κ3) is 10.9. The predicted octanol–water partition coefficient (Wildman–Crippen LogP) is 6.47.